The standard InChI is InChI=1S/C41H42ClN7O6/c1-43-34-13-10-29(19-33(34)42)47(2)27-6-4-26(5-7-27)45-38(51)23-3-16-37(44-20-23)55-30-11-8-28(9-12-30)48-21-24-17-31-32(18-25(24)22-48)41(54)49(40(31)53)35-14-15-36(50)46-39(35)52/h3,10,13,16-20,26-28,30,35H,4-9,11-12,14-15,21-22H2,2H3,(H,45,51)(H,46,50,52). The third kappa shape index (κ3) is 7.28. The highest BCUT2D eigenvalue weighted by molar-refractivity contribution is 6.33. The molecular weight excluding hydrogens is 722 g/mol. The number of hydrogen-bond donors (Lipinski definition) is 2. The van der Waals surface area contributed by atoms with Gasteiger partial charge in [0.25, 0.3) is 17.7 Å². The van der Waals surface area contributed by atoms with Crippen LogP contribution in [0.4, 0.5) is 11.4 Å². The molecule has 0 spiro atoms. The molecule has 8 rings (SSSR count). The summed E-state index contributed by atoms with van der Waals surface area (Å²) in [7, 11) is 2.05. The molecule has 0 radical (unpaired) electrons. The summed E-state index contributed by atoms with van der Waals surface area (Å²) in [6.07, 6.45) is 8.97. The van der Waals surface area contributed by atoms with E-state index in [4.69, 9.17) is 22.9 Å². The monoisotopic (exact) mass is 763 g/mol. The SMILES string of the molecule is [C-]#[N+]c1ccc(N(C)C2CCC(NC(=O)c3ccc(OC4CCC(N5Cc6cc7c(cc6C5)C(=O)N(C5CCC(=O)NC5=O)C7=O)CC4)nc3)CC2)cc1Cl. The molecular formula is C41H42ClN7O6. The average molecular weight is 764 g/mol. The predicted molar refractivity (Wildman–Crippen MR) is 203 cm³/mol. The second-order valence-corrected chi connectivity index (χ2v) is 15.7. The first-order valence-electron chi connectivity index (χ1n) is 19.0. The molecule has 14 heteroatoms. The number of fused-ring (bicyclic) bond motifs is 2. The predicted octanol–water partition coefficient (Wildman–Crippen LogP) is 5.57. The number of nitrogens with zero attached hydrogens (tertiary/aromatic N) is 5. The van der Waals surface area contributed by atoms with E-state index >= 15 is 0 Å². The first-order chi connectivity index (χ1) is 26.6. The van der Waals surface area contributed by atoms with Crippen LogP contribution in [0.25, 0.3) is 4.85 Å². The number of ether oxygens (including phenoxy) is 1. The van der Waals surface area contributed by atoms with Crippen LogP contribution in [-0.4, -0.2) is 81.6 Å². The molecule has 3 aromatic rings. The Hall–Kier alpha value is -5.32. The molecule has 55 heavy (non-hydrogen) atoms. The maximum atomic E-state index is 13.3. The van der Waals surface area contributed by atoms with Crippen molar-refractivity contribution in [1.82, 2.24) is 25.4 Å². The van der Waals surface area contributed by atoms with Gasteiger partial charge < -0.3 is 15.0 Å². The fraction of sp³-hybridized carbons (Fsp3) is 0.439. The maximum Gasteiger partial charge on any atom is 0.262 e. The highest BCUT2D eigenvalue weighted by Crippen LogP contribution is 2.37. The van der Waals surface area contributed by atoms with Crippen molar-refractivity contribution in [2.75, 3.05) is 11.9 Å². The van der Waals surface area contributed by atoms with E-state index in [1.807, 2.05) is 31.3 Å². The first kappa shape index (κ1) is 36.6. The molecule has 5 amide bonds. The molecule has 2 saturated carbocycles. The van der Waals surface area contributed by atoms with E-state index in [9.17, 15) is 24.0 Å². The fourth-order valence-electron chi connectivity index (χ4n) is 8.83. The molecule has 1 saturated heterocycles. The normalized spacial score (nSPS) is 25.2. The van der Waals surface area contributed by atoms with Gasteiger partial charge in [-0.25, -0.2) is 9.83 Å². The number of amides is 5. The zero-order valence-electron chi connectivity index (χ0n) is 30.6. The number of carbonyl (C=O) groups is 5. The van der Waals surface area contributed by atoms with Gasteiger partial charge in [-0.05, 0) is 99.2 Å². The van der Waals surface area contributed by atoms with E-state index in [-0.39, 0.29) is 30.9 Å². The van der Waals surface area contributed by atoms with Gasteiger partial charge >= 0.3 is 0 Å². The number of aromatic nitrogens is 1. The Morgan fingerprint density at radius 3 is 2.22 bits per heavy atom. The van der Waals surface area contributed by atoms with Crippen molar-refractivity contribution in [3.8, 4) is 5.88 Å². The molecule has 1 unspecified atom stereocenters. The lowest BCUT2D eigenvalue weighted by Gasteiger charge is -2.36. The third-order valence-electron chi connectivity index (χ3n) is 12.0. The molecule has 3 aliphatic heterocycles. The van der Waals surface area contributed by atoms with E-state index in [1.165, 1.54) is 0 Å². The number of halogens is 1. The quantitative estimate of drug-likeness (QED) is 0.222. The van der Waals surface area contributed by atoms with Gasteiger partial charge in [0.05, 0.1) is 23.3 Å². The summed E-state index contributed by atoms with van der Waals surface area (Å²) in [4.78, 5) is 77.2. The van der Waals surface area contributed by atoms with E-state index in [2.05, 4.69) is 30.3 Å². The van der Waals surface area contributed by atoms with Gasteiger partial charge in [-0.2, -0.15) is 0 Å². The minimum atomic E-state index is -0.972. The highest BCUT2D eigenvalue weighted by Gasteiger charge is 2.45. The minimum absolute atomic E-state index is 0.0145. The highest BCUT2D eigenvalue weighted by atomic mass is 35.5. The minimum Gasteiger partial charge on any atom is -0.474 e. The molecule has 1 atom stereocenters. The van der Waals surface area contributed by atoms with Crippen LogP contribution >= 0.6 is 11.6 Å². The summed E-state index contributed by atoms with van der Waals surface area (Å²) in [5.41, 5.74) is 4.60. The lowest BCUT2D eigenvalue weighted by atomic mass is 9.90. The van der Waals surface area contributed by atoms with Gasteiger partial charge in [-0.15, -0.1) is 0 Å². The molecule has 2 N–H and O–H groups in total. The van der Waals surface area contributed by atoms with Gasteiger partial charge in [0, 0.05) is 67.7 Å². The second-order valence-electron chi connectivity index (χ2n) is 15.3. The number of pyridine rings is 1. The van der Waals surface area contributed by atoms with Crippen molar-refractivity contribution in [2.24, 2.45) is 0 Å². The van der Waals surface area contributed by atoms with E-state index in [0.717, 1.165) is 73.1 Å². The van der Waals surface area contributed by atoms with Crippen molar-refractivity contribution in [3.05, 3.63) is 92.9 Å². The summed E-state index contributed by atoms with van der Waals surface area (Å²) < 4.78 is 6.24. The van der Waals surface area contributed by atoms with Crippen molar-refractivity contribution in [3.63, 3.8) is 0 Å². The Labute approximate surface area is 324 Å². The zero-order chi connectivity index (χ0) is 38.4. The Balaban J connectivity index is 0.784. The summed E-state index contributed by atoms with van der Waals surface area (Å²) >= 11 is 6.26. The van der Waals surface area contributed by atoms with Crippen LogP contribution < -0.4 is 20.3 Å². The number of anilines is 1. The van der Waals surface area contributed by atoms with Crippen molar-refractivity contribution >= 4 is 52.5 Å². The number of piperidine rings is 1. The number of imide groups is 2. The molecule has 3 fully saturated rings. The lowest BCUT2D eigenvalue weighted by molar-refractivity contribution is -0.136. The Kier molecular flexibility index (Phi) is 10.0. The first-order valence-corrected chi connectivity index (χ1v) is 19.4. The summed E-state index contributed by atoms with van der Waals surface area (Å²) in [5, 5.41) is 5.87. The van der Waals surface area contributed by atoms with Crippen LogP contribution in [0, 0.1) is 6.57 Å². The maximum absolute atomic E-state index is 13.3. The largest absolute Gasteiger partial charge is 0.474 e. The number of benzene rings is 2. The van der Waals surface area contributed by atoms with Crippen LogP contribution in [0.5, 0.6) is 5.88 Å². The van der Waals surface area contributed by atoms with Gasteiger partial charge in [-0.3, -0.25) is 39.1 Å². The summed E-state index contributed by atoms with van der Waals surface area (Å²) in [6, 6.07) is 12.4. The van der Waals surface area contributed by atoms with Crippen LogP contribution in [0.2, 0.25) is 5.02 Å². The Bertz CT molecular complexity index is 2060. The van der Waals surface area contributed by atoms with Gasteiger partial charge in [0.1, 0.15) is 12.1 Å². The number of hydrogen-bond acceptors (Lipinski definition) is 9. The van der Waals surface area contributed by atoms with Crippen molar-refractivity contribution in [1.29, 1.82) is 0 Å². The third-order valence-corrected chi connectivity index (χ3v) is 12.3. The number of carbonyl (C=O) groups excluding carboxylic acids is 5. The average Bonchev–Trinajstić information content (AvgIpc) is 3.71. The lowest BCUT2D eigenvalue weighted by Crippen LogP contribution is -2.54. The van der Waals surface area contributed by atoms with E-state index in [1.54, 1.807) is 24.4 Å². The zero-order valence-corrected chi connectivity index (χ0v) is 31.3. The summed E-state index contributed by atoms with van der Waals surface area (Å²) in [5.74, 6) is -1.61. The van der Waals surface area contributed by atoms with Gasteiger partial charge in [0.2, 0.25) is 23.4 Å². The van der Waals surface area contributed by atoms with Crippen molar-refractivity contribution < 1.29 is 28.7 Å². The number of nitrogens with one attached hydrogen (secondary N) is 2. The fourth-order valence-corrected chi connectivity index (χ4v) is 9.05. The van der Waals surface area contributed by atoms with E-state index < -0.39 is 29.7 Å². The molecule has 284 valence electrons. The molecule has 2 aromatic carbocycles. The van der Waals surface area contributed by atoms with Crippen molar-refractivity contribution in [2.45, 2.75) is 108 Å². The molecule has 1 aromatic heterocycles. The van der Waals surface area contributed by atoms with Gasteiger partial charge in [-0.1, -0.05) is 17.7 Å². The topological polar surface area (TPSA) is 146 Å². The molecule has 2 aliphatic carbocycles. The summed E-state index contributed by atoms with van der Waals surface area (Å²) in [6.45, 7) is 8.57. The number of rotatable bonds is 8. The van der Waals surface area contributed by atoms with Crippen LogP contribution in [0.15, 0.2) is 48.7 Å². The van der Waals surface area contributed by atoms with Crippen LogP contribution in [0.1, 0.15) is 106 Å². The second kappa shape index (κ2) is 15.1. The molecule has 4 heterocycles. The van der Waals surface area contributed by atoms with Crippen LogP contribution in [-0.2, 0) is 22.7 Å². The van der Waals surface area contributed by atoms with Gasteiger partial charge in [0.15, 0.2) is 0 Å². The van der Waals surface area contributed by atoms with E-state index in [0.29, 0.717) is 58.5 Å². The smallest absolute Gasteiger partial charge is 0.262 e. The Morgan fingerprint density at radius 2 is 1.62 bits per heavy atom. The van der Waals surface area contributed by atoms with Crippen LogP contribution in [0.3, 0.4) is 0 Å². The molecule has 5 aliphatic rings. The molecule has 13 nitrogen and oxygen atoms in total. The Morgan fingerprint density at radius 1 is 0.927 bits per heavy atom. The molecule has 0 bridgehead atoms.